The quantitative estimate of drug-likeness (QED) is 0.348. The Morgan fingerprint density at radius 2 is 1.48 bits per heavy atom. The van der Waals surface area contributed by atoms with E-state index in [-0.39, 0.29) is 11.8 Å². The van der Waals surface area contributed by atoms with E-state index in [9.17, 15) is 9.59 Å². The molecule has 0 aliphatic rings. The number of rotatable bonds is 8. The second kappa shape index (κ2) is 11.3. The molecule has 1 atom stereocenters. The second-order valence-corrected chi connectivity index (χ2v) is 9.07. The highest BCUT2D eigenvalue weighted by atomic mass is 35.5. The number of carbonyl (C=O) groups excluding carboxylic acids is 2. The van der Waals surface area contributed by atoms with Crippen LogP contribution in [0.4, 0.5) is 11.4 Å². The van der Waals surface area contributed by atoms with Crippen molar-refractivity contribution in [3.63, 3.8) is 0 Å². The molecule has 1 unspecified atom stereocenters. The van der Waals surface area contributed by atoms with Gasteiger partial charge >= 0.3 is 0 Å². The molecule has 0 spiro atoms. The van der Waals surface area contributed by atoms with E-state index in [1.807, 2.05) is 12.1 Å². The van der Waals surface area contributed by atoms with Crippen molar-refractivity contribution >= 4 is 58.2 Å². The lowest BCUT2D eigenvalue weighted by Gasteiger charge is -2.14. The molecule has 0 radical (unpaired) electrons. The molecule has 3 aromatic carbocycles. The summed E-state index contributed by atoms with van der Waals surface area (Å²) in [4.78, 5) is 26.2. The van der Waals surface area contributed by atoms with Gasteiger partial charge in [0.1, 0.15) is 17.1 Å². The third-order valence-electron chi connectivity index (χ3n) is 4.66. The van der Waals surface area contributed by atoms with Crippen molar-refractivity contribution in [3.8, 4) is 11.5 Å². The largest absolute Gasteiger partial charge is 0.496 e. The summed E-state index contributed by atoms with van der Waals surface area (Å²) in [6, 6.07) is 17.4. The summed E-state index contributed by atoms with van der Waals surface area (Å²) < 4.78 is 10.6. The average molecular weight is 505 g/mol. The molecule has 0 saturated carbocycles. The first kappa shape index (κ1) is 24.8. The zero-order chi connectivity index (χ0) is 24.0. The van der Waals surface area contributed by atoms with Crippen molar-refractivity contribution in [2.24, 2.45) is 0 Å². The van der Waals surface area contributed by atoms with Crippen LogP contribution in [0.5, 0.6) is 11.5 Å². The predicted molar refractivity (Wildman–Crippen MR) is 134 cm³/mol. The van der Waals surface area contributed by atoms with Crippen LogP contribution in [-0.2, 0) is 4.79 Å². The van der Waals surface area contributed by atoms with Crippen LogP contribution in [-0.4, -0.2) is 31.3 Å². The van der Waals surface area contributed by atoms with E-state index < -0.39 is 5.25 Å². The van der Waals surface area contributed by atoms with Gasteiger partial charge in [-0.25, -0.2) is 0 Å². The van der Waals surface area contributed by atoms with Gasteiger partial charge in [-0.3, -0.25) is 9.59 Å². The molecule has 0 aliphatic carbocycles. The average Bonchev–Trinajstić information content (AvgIpc) is 2.82. The number of hydrogen-bond donors (Lipinski definition) is 2. The number of ether oxygens (including phenoxy) is 2. The van der Waals surface area contributed by atoms with Gasteiger partial charge in [-0.2, -0.15) is 0 Å². The van der Waals surface area contributed by atoms with Gasteiger partial charge in [0, 0.05) is 10.6 Å². The minimum Gasteiger partial charge on any atom is -0.496 e. The van der Waals surface area contributed by atoms with Crippen LogP contribution >= 0.6 is 35.0 Å². The third-order valence-corrected chi connectivity index (χ3v) is 6.59. The number of benzene rings is 3. The Bertz CT molecular complexity index is 1130. The van der Waals surface area contributed by atoms with Crippen molar-refractivity contribution in [1.82, 2.24) is 0 Å². The Morgan fingerprint density at radius 1 is 0.879 bits per heavy atom. The van der Waals surface area contributed by atoms with Crippen molar-refractivity contribution in [3.05, 3.63) is 76.3 Å². The number of anilines is 2. The Kier molecular flexibility index (Phi) is 8.49. The molecule has 3 rings (SSSR count). The molecule has 0 aromatic heterocycles. The van der Waals surface area contributed by atoms with Gasteiger partial charge in [-0.15, -0.1) is 11.8 Å². The number of thioether (sulfide) groups is 1. The summed E-state index contributed by atoms with van der Waals surface area (Å²) in [6.45, 7) is 1.79. The summed E-state index contributed by atoms with van der Waals surface area (Å²) in [5.74, 6) is 0.276. The maximum Gasteiger partial charge on any atom is 0.263 e. The first-order valence-electron chi connectivity index (χ1n) is 9.88. The van der Waals surface area contributed by atoms with Crippen LogP contribution < -0.4 is 20.1 Å². The van der Waals surface area contributed by atoms with Gasteiger partial charge in [-0.05, 0) is 55.5 Å². The van der Waals surface area contributed by atoms with Gasteiger partial charge in [0.2, 0.25) is 5.91 Å². The van der Waals surface area contributed by atoms with Crippen LogP contribution in [0.2, 0.25) is 10.0 Å². The van der Waals surface area contributed by atoms with Crippen molar-refractivity contribution in [2.75, 3.05) is 24.9 Å². The number of hydrogen-bond acceptors (Lipinski definition) is 5. The van der Waals surface area contributed by atoms with E-state index in [0.717, 1.165) is 4.90 Å². The topological polar surface area (TPSA) is 76.7 Å². The van der Waals surface area contributed by atoms with Gasteiger partial charge in [0.05, 0.1) is 35.2 Å². The predicted octanol–water partition coefficient (Wildman–Crippen LogP) is 6.38. The normalized spacial score (nSPS) is 11.4. The Labute approximate surface area is 206 Å². The summed E-state index contributed by atoms with van der Waals surface area (Å²) in [5.41, 5.74) is 1.37. The molecule has 6 nitrogen and oxygen atoms in total. The van der Waals surface area contributed by atoms with E-state index in [1.54, 1.807) is 55.5 Å². The van der Waals surface area contributed by atoms with Crippen LogP contribution in [0.25, 0.3) is 0 Å². The Hall–Kier alpha value is -2.87. The fourth-order valence-electron chi connectivity index (χ4n) is 2.98. The fourth-order valence-corrected chi connectivity index (χ4v) is 4.19. The molecule has 0 aliphatic heterocycles. The molecule has 0 fully saturated rings. The third kappa shape index (κ3) is 6.13. The fraction of sp³-hybridized carbons (Fsp3) is 0.167. The number of methoxy groups -OCH3 is 2. The summed E-state index contributed by atoms with van der Waals surface area (Å²) in [7, 11) is 2.99. The molecule has 33 heavy (non-hydrogen) atoms. The first-order chi connectivity index (χ1) is 15.8. The first-order valence-corrected chi connectivity index (χ1v) is 11.5. The van der Waals surface area contributed by atoms with Crippen LogP contribution in [0.3, 0.4) is 0 Å². The molecule has 2 amide bonds. The van der Waals surface area contributed by atoms with Crippen LogP contribution in [0, 0.1) is 0 Å². The zero-order valence-corrected chi connectivity index (χ0v) is 20.5. The standard InChI is InChI=1S/C24H22Cl2N2O4S/c1-14(23(29)28-18-7-4-6-17(25)22(18)26)33-16-12-10-15(11-13-16)27-24(30)21-19(31-2)8-5-9-20(21)32-3/h4-14H,1-3H3,(H,27,30)(H,28,29). The number of nitrogens with one attached hydrogen (secondary N) is 2. The van der Waals surface area contributed by atoms with Gasteiger partial charge in [0.25, 0.3) is 5.91 Å². The molecule has 0 bridgehead atoms. The lowest BCUT2D eigenvalue weighted by molar-refractivity contribution is -0.115. The SMILES string of the molecule is COc1cccc(OC)c1C(=O)Nc1ccc(SC(C)C(=O)Nc2cccc(Cl)c2Cl)cc1. The lowest BCUT2D eigenvalue weighted by Crippen LogP contribution is -2.22. The highest BCUT2D eigenvalue weighted by Crippen LogP contribution is 2.32. The highest BCUT2D eigenvalue weighted by Gasteiger charge is 2.19. The van der Waals surface area contributed by atoms with Gasteiger partial charge in [-0.1, -0.05) is 35.3 Å². The van der Waals surface area contributed by atoms with Gasteiger partial charge < -0.3 is 20.1 Å². The van der Waals surface area contributed by atoms with Crippen LogP contribution in [0.15, 0.2) is 65.6 Å². The van der Waals surface area contributed by atoms with Crippen LogP contribution in [0.1, 0.15) is 17.3 Å². The molecule has 9 heteroatoms. The Morgan fingerprint density at radius 3 is 2.09 bits per heavy atom. The van der Waals surface area contributed by atoms with Gasteiger partial charge in [0.15, 0.2) is 0 Å². The molecule has 0 saturated heterocycles. The number of halogens is 2. The van der Waals surface area contributed by atoms with E-state index >= 15 is 0 Å². The molecule has 172 valence electrons. The molecular weight excluding hydrogens is 483 g/mol. The van der Waals surface area contributed by atoms with E-state index in [1.165, 1.54) is 26.0 Å². The second-order valence-electron chi connectivity index (χ2n) is 6.87. The minimum absolute atomic E-state index is 0.204. The number of amides is 2. The smallest absolute Gasteiger partial charge is 0.263 e. The van der Waals surface area contributed by atoms with Crippen molar-refractivity contribution in [2.45, 2.75) is 17.1 Å². The lowest BCUT2D eigenvalue weighted by atomic mass is 10.1. The monoisotopic (exact) mass is 504 g/mol. The maximum atomic E-state index is 12.8. The zero-order valence-electron chi connectivity index (χ0n) is 18.1. The van der Waals surface area contributed by atoms with E-state index in [0.29, 0.717) is 38.5 Å². The molecule has 0 heterocycles. The molecular formula is C24H22Cl2N2O4S. The van der Waals surface area contributed by atoms with E-state index in [4.69, 9.17) is 32.7 Å². The van der Waals surface area contributed by atoms with Crippen molar-refractivity contribution in [1.29, 1.82) is 0 Å². The van der Waals surface area contributed by atoms with E-state index in [2.05, 4.69) is 10.6 Å². The maximum absolute atomic E-state index is 12.8. The Balaban J connectivity index is 1.64. The van der Waals surface area contributed by atoms with Crippen molar-refractivity contribution < 1.29 is 19.1 Å². The highest BCUT2D eigenvalue weighted by molar-refractivity contribution is 8.00. The summed E-state index contributed by atoms with van der Waals surface area (Å²) in [5, 5.41) is 5.92. The molecule has 2 N–H and O–H groups in total. The minimum atomic E-state index is -0.390. The number of carbonyl (C=O) groups is 2. The molecule has 3 aromatic rings. The summed E-state index contributed by atoms with van der Waals surface area (Å²) in [6.07, 6.45) is 0. The summed E-state index contributed by atoms with van der Waals surface area (Å²) >= 11 is 13.5.